The van der Waals surface area contributed by atoms with Gasteiger partial charge in [0.1, 0.15) is 27.3 Å². The van der Waals surface area contributed by atoms with Crippen LogP contribution in [0.3, 0.4) is 0 Å². The van der Waals surface area contributed by atoms with E-state index in [1.54, 1.807) is 12.1 Å². The Hall–Kier alpha value is -2.97. The summed E-state index contributed by atoms with van der Waals surface area (Å²) in [6.45, 7) is 0. The molecule has 0 saturated heterocycles. The molecule has 8 heteroatoms. The van der Waals surface area contributed by atoms with Crippen LogP contribution in [0.5, 0.6) is 11.5 Å². The van der Waals surface area contributed by atoms with Crippen LogP contribution in [0.4, 0.5) is 11.4 Å². The number of nitrogens with zero attached hydrogens (tertiary/aromatic N) is 2. The quantitative estimate of drug-likeness (QED) is 0.556. The molecule has 3 aromatic rings. The zero-order valence-corrected chi connectivity index (χ0v) is 12.9. The van der Waals surface area contributed by atoms with Crippen LogP contribution < -0.4 is 0 Å². The van der Waals surface area contributed by atoms with E-state index in [0.29, 0.717) is 16.5 Å². The summed E-state index contributed by atoms with van der Waals surface area (Å²) in [5, 5.41) is 28.1. The highest BCUT2D eigenvalue weighted by Gasteiger charge is 2.09. The lowest BCUT2D eigenvalue weighted by molar-refractivity contribution is 0.463. The number of phenolic OH excluding ortho intramolecular Hbond substituents is 2. The molecule has 0 bridgehead atoms. The Kier molecular flexibility index (Phi) is 3.92. The number of benzene rings is 3. The van der Waals surface area contributed by atoms with Crippen LogP contribution in [0.1, 0.15) is 0 Å². The molecule has 0 unspecified atom stereocenters. The van der Waals surface area contributed by atoms with Crippen LogP contribution in [-0.4, -0.2) is 23.2 Å². The summed E-state index contributed by atoms with van der Waals surface area (Å²) < 4.78 is 33.3. The van der Waals surface area contributed by atoms with Crippen LogP contribution in [0.2, 0.25) is 0 Å². The maximum atomic E-state index is 11.1. The van der Waals surface area contributed by atoms with Crippen molar-refractivity contribution in [3.8, 4) is 11.5 Å². The summed E-state index contributed by atoms with van der Waals surface area (Å²) in [5.41, 5.74) is 0.610. The Morgan fingerprint density at radius 2 is 1.58 bits per heavy atom. The van der Waals surface area contributed by atoms with E-state index < -0.39 is 10.1 Å². The molecule has 0 heterocycles. The predicted molar refractivity (Wildman–Crippen MR) is 85.9 cm³/mol. The number of hydrogen-bond donors (Lipinski definition) is 2. The van der Waals surface area contributed by atoms with Gasteiger partial charge in [0.15, 0.2) is 0 Å². The summed E-state index contributed by atoms with van der Waals surface area (Å²) in [7, 11) is -4.57. The number of fused-ring (bicyclic) bond motifs is 1. The van der Waals surface area contributed by atoms with E-state index in [0.717, 1.165) is 6.07 Å². The smallest absolute Gasteiger partial charge is 0.143 e. The molecule has 3 rings (SSSR count). The molecule has 0 atom stereocenters. The van der Waals surface area contributed by atoms with Crippen molar-refractivity contribution in [2.45, 2.75) is 4.90 Å². The maximum Gasteiger partial charge on any atom is 0.143 e. The molecule has 0 fully saturated rings. The lowest BCUT2D eigenvalue weighted by Gasteiger charge is -2.09. The van der Waals surface area contributed by atoms with Crippen molar-refractivity contribution in [1.29, 1.82) is 0 Å². The first-order chi connectivity index (χ1) is 11.3. The normalized spacial score (nSPS) is 12.0. The Labute approximate surface area is 137 Å². The van der Waals surface area contributed by atoms with Gasteiger partial charge >= 0.3 is 0 Å². The zero-order valence-electron chi connectivity index (χ0n) is 12.1. The van der Waals surface area contributed by atoms with Gasteiger partial charge in [-0.05, 0) is 47.9 Å². The highest BCUT2D eigenvalue weighted by molar-refractivity contribution is 7.85. The largest absolute Gasteiger partial charge is 0.744 e. The van der Waals surface area contributed by atoms with Crippen molar-refractivity contribution < 1.29 is 23.2 Å². The van der Waals surface area contributed by atoms with Gasteiger partial charge in [-0.25, -0.2) is 8.42 Å². The Morgan fingerprint density at radius 3 is 2.25 bits per heavy atom. The van der Waals surface area contributed by atoms with Gasteiger partial charge in [0.2, 0.25) is 0 Å². The molecule has 3 aromatic carbocycles. The van der Waals surface area contributed by atoms with E-state index in [-0.39, 0.29) is 22.1 Å². The first-order valence-corrected chi connectivity index (χ1v) is 8.18. The van der Waals surface area contributed by atoms with Crippen molar-refractivity contribution in [2.75, 3.05) is 0 Å². The molecule has 2 N–H and O–H groups in total. The molecular formula is C16H11N2O5S-. The fourth-order valence-corrected chi connectivity index (χ4v) is 2.67. The first-order valence-electron chi connectivity index (χ1n) is 6.77. The number of azo groups is 1. The molecular weight excluding hydrogens is 332 g/mol. The highest BCUT2D eigenvalue weighted by atomic mass is 32.2. The van der Waals surface area contributed by atoms with Crippen molar-refractivity contribution in [3.05, 3.63) is 54.6 Å². The van der Waals surface area contributed by atoms with Gasteiger partial charge in [0.05, 0.1) is 10.6 Å². The minimum absolute atomic E-state index is 0.0910. The molecule has 0 aliphatic rings. The summed E-state index contributed by atoms with van der Waals surface area (Å²) >= 11 is 0. The molecule has 0 radical (unpaired) electrons. The van der Waals surface area contributed by atoms with Crippen molar-refractivity contribution in [1.82, 2.24) is 0 Å². The van der Waals surface area contributed by atoms with Gasteiger partial charge in [0, 0.05) is 5.39 Å². The minimum atomic E-state index is -4.57. The molecule has 0 aliphatic carbocycles. The lowest BCUT2D eigenvalue weighted by Crippen LogP contribution is -1.97. The number of rotatable bonds is 3. The summed E-state index contributed by atoms with van der Waals surface area (Å²) in [6, 6.07) is 12.6. The van der Waals surface area contributed by atoms with Gasteiger partial charge in [-0.15, -0.1) is 5.11 Å². The number of aromatic hydroxyl groups is 2. The average molecular weight is 343 g/mol. The topological polar surface area (TPSA) is 122 Å². The predicted octanol–water partition coefficient (Wildman–Crippen LogP) is 3.57. The Bertz CT molecular complexity index is 1040. The van der Waals surface area contributed by atoms with Crippen molar-refractivity contribution >= 4 is 32.3 Å². The second kappa shape index (κ2) is 5.91. The lowest BCUT2D eigenvalue weighted by atomic mass is 10.1. The van der Waals surface area contributed by atoms with Gasteiger partial charge < -0.3 is 14.8 Å². The zero-order chi connectivity index (χ0) is 17.3. The second-order valence-corrected chi connectivity index (χ2v) is 6.37. The SMILES string of the molecule is O=S(=O)([O-])c1ccc2c(N=Nc3ccc(O)cc3)c(O)ccc2c1. The third-order valence-electron chi connectivity index (χ3n) is 3.35. The fourth-order valence-electron chi connectivity index (χ4n) is 2.17. The monoisotopic (exact) mass is 343 g/mol. The van der Waals surface area contributed by atoms with Gasteiger partial charge in [-0.2, -0.15) is 5.11 Å². The number of hydrogen-bond acceptors (Lipinski definition) is 7. The van der Waals surface area contributed by atoms with Gasteiger partial charge in [-0.3, -0.25) is 0 Å². The molecule has 0 amide bonds. The van der Waals surface area contributed by atoms with E-state index in [2.05, 4.69) is 10.2 Å². The van der Waals surface area contributed by atoms with Crippen LogP contribution in [0.25, 0.3) is 10.8 Å². The van der Waals surface area contributed by atoms with Crippen molar-refractivity contribution in [3.63, 3.8) is 0 Å². The molecule has 24 heavy (non-hydrogen) atoms. The van der Waals surface area contributed by atoms with Crippen LogP contribution in [0.15, 0.2) is 69.7 Å². The molecule has 7 nitrogen and oxygen atoms in total. The molecule has 0 aromatic heterocycles. The van der Waals surface area contributed by atoms with E-state index >= 15 is 0 Å². The third kappa shape index (κ3) is 3.19. The van der Waals surface area contributed by atoms with Gasteiger partial charge in [0.25, 0.3) is 0 Å². The Morgan fingerprint density at radius 1 is 0.875 bits per heavy atom. The summed E-state index contributed by atoms with van der Waals surface area (Å²) in [4.78, 5) is -0.359. The second-order valence-electron chi connectivity index (χ2n) is 4.99. The molecule has 0 spiro atoms. The van der Waals surface area contributed by atoms with Gasteiger partial charge in [-0.1, -0.05) is 12.1 Å². The summed E-state index contributed by atoms with van der Waals surface area (Å²) in [5.74, 6) is -0.0453. The number of phenols is 2. The average Bonchev–Trinajstić information content (AvgIpc) is 2.54. The van der Waals surface area contributed by atoms with E-state index in [4.69, 9.17) is 0 Å². The molecule has 0 saturated carbocycles. The van der Waals surface area contributed by atoms with Crippen LogP contribution >= 0.6 is 0 Å². The first kappa shape index (κ1) is 15.9. The fraction of sp³-hybridized carbons (Fsp3) is 0. The van der Waals surface area contributed by atoms with E-state index in [1.807, 2.05) is 0 Å². The molecule has 0 aliphatic heterocycles. The van der Waals surface area contributed by atoms with Crippen LogP contribution in [-0.2, 0) is 10.1 Å². The van der Waals surface area contributed by atoms with E-state index in [9.17, 15) is 23.2 Å². The Balaban J connectivity index is 2.10. The standard InChI is InChI=1S/C16H12N2O5S/c19-12-4-2-11(3-5-12)17-18-16-14-7-6-13(24(21,22)23)9-10(14)1-8-15(16)20/h1-9,19-20H,(H,21,22,23)/p-1. The van der Waals surface area contributed by atoms with Crippen molar-refractivity contribution in [2.24, 2.45) is 10.2 Å². The van der Waals surface area contributed by atoms with Crippen LogP contribution in [0, 0.1) is 0 Å². The molecule has 122 valence electrons. The highest BCUT2D eigenvalue weighted by Crippen LogP contribution is 2.37. The summed E-state index contributed by atoms with van der Waals surface area (Å²) in [6.07, 6.45) is 0. The van der Waals surface area contributed by atoms with E-state index in [1.165, 1.54) is 36.4 Å². The minimum Gasteiger partial charge on any atom is -0.744 e. The third-order valence-corrected chi connectivity index (χ3v) is 4.18. The maximum absolute atomic E-state index is 11.1.